The summed E-state index contributed by atoms with van der Waals surface area (Å²) in [7, 11) is 0. The first kappa shape index (κ1) is 18.9. The monoisotopic (exact) mass is 383 g/mol. The zero-order valence-electron chi connectivity index (χ0n) is 14.4. The molecule has 138 valence electrons. The van der Waals surface area contributed by atoms with E-state index >= 15 is 0 Å². The molecule has 0 saturated carbocycles. The molecule has 1 atom stereocenters. The van der Waals surface area contributed by atoms with Gasteiger partial charge in [-0.1, -0.05) is 66.2 Å². The van der Waals surface area contributed by atoms with E-state index in [4.69, 9.17) is 11.6 Å². The van der Waals surface area contributed by atoms with Crippen LogP contribution >= 0.6 is 11.6 Å². The summed E-state index contributed by atoms with van der Waals surface area (Å²) in [5, 5.41) is 20.0. The lowest BCUT2D eigenvalue weighted by Crippen LogP contribution is -2.33. The third-order valence-electron chi connectivity index (χ3n) is 4.34. The maximum atomic E-state index is 12.8. The highest BCUT2D eigenvalue weighted by molar-refractivity contribution is 6.31. The zero-order valence-corrected chi connectivity index (χ0v) is 15.1. The Bertz CT molecular complexity index is 921. The number of aliphatic hydroxyl groups is 2. The van der Waals surface area contributed by atoms with Crippen molar-refractivity contribution in [3.63, 3.8) is 0 Å². The van der Waals surface area contributed by atoms with Crippen molar-refractivity contribution in [2.24, 2.45) is 0 Å². The molecule has 1 amide bonds. The first-order valence-electron chi connectivity index (χ1n) is 8.41. The minimum Gasteiger partial charge on any atom is -0.503 e. The van der Waals surface area contributed by atoms with Gasteiger partial charge in [0.05, 0.1) is 18.2 Å². The minimum atomic E-state index is -0.855. The zero-order chi connectivity index (χ0) is 19.4. The third kappa shape index (κ3) is 3.79. The quantitative estimate of drug-likeness (QED) is 0.750. The molecule has 0 saturated heterocycles. The number of β-amino-alcohol motifs (C(OH)–C–C–N with tert-alkyl or cyclic N) is 1. The SMILES string of the molecule is O=C(/C=C/c1ccccc1)C1=C(O)C(=O)N(CCO)C1c1ccccc1Cl. The van der Waals surface area contributed by atoms with Crippen LogP contribution in [0.2, 0.25) is 5.02 Å². The molecule has 0 spiro atoms. The number of allylic oxidation sites excluding steroid dienone is 1. The number of hydrogen-bond acceptors (Lipinski definition) is 4. The highest BCUT2D eigenvalue weighted by atomic mass is 35.5. The lowest BCUT2D eigenvalue weighted by molar-refractivity contribution is -0.129. The van der Waals surface area contributed by atoms with Crippen LogP contribution < -0.4 is 0 Å². The van der Waals surface area contributed by atoms with E-state index in [-0.39, 0.29) is 18.7 Å². The maximum absolute atomic E-state index is 12.8. The molecule has 2 N–H and O–H groups in total. The second kappa shape index (κ2) is 8.20. The van der Waals surface area contributed by atoms with Crippen LogP contribution in [0, 0.1) is 0 Å². The summed E-state index contributed by atoms with van der Waals surface area (Å²) in [6, 6.07) is 15.2. The molecule has 2 aromatic carbocycles. The summed E-state index contributed by atoms with van der Waals surface area (Å²) >= 11 is 6.27. The summed E-state index contributed by atoms with van der Waals surface area (Å²) in [4.78, 5) is 26.5. The summed E-state index contributed by atoms with van der Waals surface area (Å²) in [6.45, 7) is -0.334. The summed E-state index contributed by atoms with van der Waals surface area (Å²) < 4.78 is 0. The van der Waals surface area contributed by atoms with Crippen LogP contribution in [0.25, 0.3) is 6.08 Å². The molecule has 1 aliphatic heterocycles. The Morgan fingerprint density at radius 2 is 1.78 bits per heavy atom. The van der Waals surface area contributed by atoms with Crippen LogP contribution in [0.4, 0.5) is 0 Å². The van der Waals surface area contributed by atoms with Crippen molar-refractivity contribution in [3.8, 4) is 0 Å². The minimum absolute atomic E-state index is 0.0298. The van der Waals surface area contributed by atoms with Crippen LogP contribution in [-0.2, 0) is 9.59 Å². The van der Waals surface area contributed by atoms with Gasteiger partial charge in [-0.25, -0.2) is 0 Å². The van der Waals surface area contributed by atoms with Gasteiger partial charge in [0.15, 0.2) is 11.5 Å². The molecule has 0 radical (unpaired) electrons. The Balaban J connectivity index is 2.02. The molecule has 0 aliphatic carbocycles. The van der Waals surface area contributed by atoms with Crippen molar-refractivity contribution in [2.45, 2.75) is 6.04 Å². The number of carbonyl (C=O) groups excluding carboxylic acids is 2. The Hall–Kier alpha value is -2.89. The number of benzene rings is 2. The van der Waals surface area contributed by atoms with E-state index in [2.05, 4.69) is 0 Å². The van der Waals surface area contributed by atoms with Crippen LogP contribution in [0.5, 0.6) is 0 Å². The molecule has 5 nitrogen and oxygen atoms in total. The van der Waals surface area contributed by atoms with Crippen molar-refractivity contribution in [1.29, 1.82) is 0 Å². The molecule has 0 bridgehead atoms. The fraction of sp³-hybridized carbons (Fsp3) is 0.143. The Kier molecular flexibility index (Phi) is 5.74. The molecule has 3 rings (SSSR count). The van der Waals surface area contributed by atoms with Crippen molar-refractivity contribution < 1.29 is 19.8 Å². The smallest absolute Gasteiger partial charge is 0.290 e. The first-order valence-corrected chi connectivity index (χ1v) is 8.79. The standard InChI is InChI=1S/C21H18ClNO4/c22-16-9-5-4-8-15(16)19-18(20(26)21(27)23(19)12-13-24)17(25)11-10-14-6-2-1-3-7-14/h1-11,19,24,26H,12-13H2/b11-10+. The number of rotatable bonds is 6. The molecule has 6 heteroatoms. The van der Waals surface area contributed by atoms with Gasteiger partial charge < -0.3 is 15.1 Å². The predicted molar refractivity (Wildman–Crippen MR) is 103 cm³/mol. The molecule has 0 fully saturated rings. The lowest BCUT2D eigenvalue weighted by atomic mass is 9.95. The summed E-state index contributed by atoms with van der Waals surface area (Å²) in [5.74, 6) is -1.81. The molecular weight excluding hydrogens is 366 g/mol. The van der Waals surface area contributed by atoms with Crippen LogP contribution in [0.15, 0.2) is 72.0 Å². The van der Waals surface area contributed by atoms with Crippen molar-refractivity contribution >= 4 is 29.4 Å². The van der Waals surface area contributed by atoms with Crippen molar-refractivity contribution in [3.05, 3.63) is 88.2 Å². The Morgan fingerprint density at radius 3 is 2.44 bits per heavy atom. The van der Waals surface area contributed by atoms with E-state index in [0.717, 1.165) is 5.56 Å². The van der Waals surface area contributed by atoms with Gasteiger partial charge in [0.25, 0.3) is 5.91 Å². The van der Waals surface area contributed by atoms with E-state index in [1.165, 1.54) is 11.0 Å². The van der Waals surface area contributed by atoms with Crippen LogP contribution in [-0.4, -0.2) is 40.0 Å². The highest BCUT2D eigenvalue weighted by Gasteiger charge is 2.43. The van der Waals surface area contributed by atoms with E-state index in [0.29, 0.717) is 10.6 Å². The van der Waals surface area contributed by atoms with Gasteiger partial charge in [-0.15, -0.1) is 0 Å². The Morgan fingerprint density at radius 1 is 1.11 bits per heavy atom. The summed E-state index contributed by atoms with van der Waals surface area (Å²) in [6.07, 6.45) is 2.94. The molecule has 27 heavy (non-hydrogen) atoms. The van der Waals surface area contributed by atoms with Gasteiger partial charge >= 0.3 is 0 Å². The molecule has 1 heterocycles. The topological polar surface area (TPSA) is 77.8 Å². The van der Waals surface area contributed by atoms with E-state index in [1.807, 2.05) is 30.3 Å². The lowest BCUT2D eigenvalue weighted by Gasteiger charge is -2.26. The van der Waals surface area contributed by atoms with Crippen LogP contribution in [0.1, 0.15) is 17.2 Å². The number of aliphatic hydroxyl groups excluding tert-OH is 2. The van der Waals surface area contributed by atoms with Gasteiger partial charge in [-0.05, 0) is 23.3 Å². The number of nitrogens with zero attached hydrogens (tertiary/aromatic N) is 1. The van der Waals surface area contributed by atoms with E-state index in [9.17, 15) is 19.8 Å². The third-order valence-corrected chi connectivity index (χ3v) is 4.68. The largest absolute Gasteiger partial charge is 0.503 e. The van der Waals surface area contributed by atoms with Gasteiger partial charge in [0.1, 0.15) is 0 Å². The molecule has 2 aromatic rings. The van der Waals surface area contributed by atoms with Gasteiger partial charge in [-0.2, -0.15) is 0 Å². The van der Waals surface area contributed by atoms with Crippen molar-refractivity contribution in [2.75, 3.05) is 13.2 Å². The molecule has 1 aliphatic rings. The normalized spacial score (nSPS) is 17.2. The second-order valence-corrected chi connectivity index (χ2v) is 6.42. The average molecular weight is 384 g/mol. The summed E-state index contributed by atoms with van der Waals surface area (Å²) in [5.41, 5.74) is 1.28. The predicted octanol–water partition coefficient (Wildman–Crippen LogP) is 3.31. The number of halogens is 1. The molecular formula is C21H18ClNO4. The second-order valence-electron chi connectivity index (χ2n) is 6.02. The highest BCUT2D eigenvalue weighted by Crippen LogP contribution is 2.40. The van der Waals surface area contributed by atoms with Crippen molar-refractivity contribution in [1.82, 2.24) is 4.90 Å². The maximum Gasteiger partial charge on any atom is 0.290 e. The first-order chi connectivity index (χ1) is 13.0. The molecule has 1 unspecified atom stereocenters. The van der Waals surface area contributed by atoms with E-state index < -0.39 is 23.5 Å². The van der Waals surface area contributed by atoms with E-state index in [1.54, 1.807) is 30.3 Å². The number of amides is 1. The Labute approximate surface area is 161 Å². The molecule has 0 aromatic heterocycles. The van der Waals surface area contributed by atoms with Gasteiger partial charge in [0.2, 0.25) is 0 Å². The van der Waals surface area contributed by atoms with Gasteiger partial charge in [0, 0.05) is 11.6 Å². The fourth-order valence-corrected chi connectivity index (χ4v) is 3.33. The van der Waals surface area contributed by atoms with Gasteiger partial charge in [-0.3, -0.25) is 9.59 Å². The number of carbonyl (C=O) groups is 2. The number of hydrogen-bond donors (Lipinski definition) is 2. The number of ketones is 1. The van der Waals surface area contributed by atoms with Crippen LogP contribution in [0.3, 0.4) is 0 Å². The fourth-order valence-electron chi connectivity index (χ4n) is 3.09. The average Bonchev–Trinajstić information content (AvgIpc) is 2.92.